The molecule has 0 spiro atoms. The fraction of sp³-hybridized carbons (Fsp3) is 0.250. The van der Waals surface area contributed by atoms with Gasteiger partial charge in [-0.2, -0.15) is 0 Å². The summed E-state index contributed by atoms with van der Waals surface area (Å²) in [6.45, 7) is 0.135. The Hall–Kier alpha value is -1.42. The van der Waals surface area contributed by atoms with Gasteiger partial charge in [0.2, 0.25) is 0 Å². The van der Waals surface area contributed by atoms with Crippen molar-refractivity contribution in [3.8, 4) is 0 Å². The number of rotatable bonds is 3. The fourth-order valence-electron chi connectivity index (χ4n) is 2.60. The molecule has 1 aliphatic carbocycles. The molecule has 0 saturated carbocycles. The van der Waals surface area contributed by atoms with Gasteiger partial charge in [0, 0.05) is 17.8 Å². The third kappa shape index (κ3) is 2.57. The van der Waals surface area contributed by atoms with Gasteiger partial charge >= 0.3 is 0 Å². The first-order valence-corrected chi connectivity index (χ1v) is 7.42. The van der Waals surface area contributed by atoms with Gasteiger partial charge in [-0.15, -0.1) is 0 Å². The molecule has 0 aliphatic heterocycles. The molecule has 104 valence electrons. The van der Waals surface area contributed by atoms with Crippen LogP contribution in [-0.4, -0.2) is 0 Å². The van der Waals surface area contributed by atoms with Gasteiger partial charge in [0.25, 0.3) is 0 Å². The second kappa shape index (κ2) is 5.52. The first-order valence-electron chi connectivity index (χ1n) is 6.63. The topological polar surface area (TPSA) is 12.0 Å². The number of fused-ring (bicyclic) bond motifs is 1. The Morgan fingerprint density at radius 3 is 2.70 bits per heavy atom. The van der Waals surface area contributed by atoms with Crippen LogP contribution in [0.4, 0.5) is 14.5 Å². The van der Waals surface area contributed by atoms with E-state index in [1.165, 1.54) is 29.7 Å². The van der Waals surface area contributed by atoms with E-state index in [1.807, 2.05) is 6.07 Å². The van der Waals surface area contributed by atoms with Crippen LogP contribution in [0.2, 0.25) is 0 Å². The maximum absolute atomic E-state index is 13.9. The summed E-state index contributed by atoms with van der Waals surface area (Å²) >= 11 is 3.08. The van der Waals surface area contributed by atoms with Gasteiger partial charge in [-0.25, -0.2) is 8.78 Å². The standard InChI is InChI=1S/C16H14BrF2N/c17-14-6-7-15(18)13(16(14)19)9-20-12-5-4-10-2-1-3-11(10)8-12/h4-8,20H,1-3,9H2. The highest BCUT2D eigenvalue weighted by atomic mass is 79.9. The van der Waals surface area contributed by atoms with E-state index in [9.17, 15) is 8.78 Å². The molecule has 0 aromatic heterocycles. The summed E-state index contributed by atoms with van der Waals surface area (Å²) in [4.78, 5) is 0. The molecular weight excluding hydrogens is 324 g/mol. The lowest BCUT2D eigenvalue weighted by atomic mass is 10.1. The average Bonchev–Trinajstić information content (AvgIpc) is 2.90. The predicted octanol–water partition coefficient (Wildman–Crippen LogP) is 4.83. The van der Waals surface area contributed by atoms with Crippen LogP contribution in [0.1, 0.15) is 23.1 Å². The van der Waals surface area contributed by atoms with E-state index in [-0.39, 0.29) is 16.6 Å². The molecule has 4 heteroatoms. The van der Waals surface area contributed by atoms with E-state index in [0.29, 0.717) is 0 Å². The number of nitrogens with one attached hydrogen (secondary N) is 1. The molecule has 0 amide bonds. The summed E-state index contributed by atoms with van der Waals surface area (Å²) < 4.78 is 27.8. The zero-order valence-electron chi connectivity index (χ0n) is 10.8. The Morgan fingerprint density at radius 2 is 1.85 bits per heavy atom. The predicted molar refractivity (Wildman–Crippen MR) is 79.9 cm³/mol. The minimum Gasteiger partial charge on any atom is -0.381 e. The highest BCUT2D eigenvalue weighted by Crippen LogP contribution is 2.26. The molecule has 1 nitrogen and oxygen atoms in total. The zero-order valence-corrected chi connectivity index (χ0v) is 12.4. The van der Waals surface area contributed by atoms with Crippen molar-refractivity contribution in [1.29, 1.82) is 0 Å². The van der Waals surface area contributed by atoms with Gasteiger partial charge in [0.1, 0.15) is 11.6 Å². The lowest BCUT2D eigenvalue weighted by Crippen LogP contribution is -2.05. The molecule has 0 fully saturated rings. The molecule has 0 saturated heterocycles. The van der Waals surface area contributed by atoms with Crippen LogP contribution in [0, 0.1) is 11.6 Å². The number of hydrogen-bond acceptors (Lipinski definition) is 1. The molecule has 1 aliphatic rings. The van der Waals surface area contributed by atoms with Crippen LogP contribution in [0.15, 0.2) is 34.8 Å². The third-order valence-corrected chi connectivity index (χ3v) is 4.32. The van der Waals surface area contributed by atoms with E-state index < -0.39 is 11.6 Å². The molecule has 0 bridgehead atoms. The molecule has 2 aromatic rings. The SMILES string of the molecule is Fc1ccc(Br)c(F)c1CNc1ccc2c(c1)CCC2. The summed E-state index contributed by atoms with van der Waals surface area (Å²) in [7, 11) is 0. The summed E-state index contributed by atoms with van der Waals surface area (Å²) in [6, 6.07) is 8.79. The lowest BCUT2D eigenvalue weighted by Gasteiger charge is -2.11. The Bertz CT molecular complexity index is 655. The minimum absolute atomic E-state index is 0.0554. The fourth-order valence-corrected chi connectivity index (χ4v) is 2.97. The van der Waals surface area contributed by atoms with Crippen LogP contribution in [-0.2, 0) is 19.4 Å². The van der Waals surface area contributed by atoms with Gasteiger partial charge in [-0.05, 0) is 70.6 Å². The molecule has 0 unspecified atom stereocenters. The van der Waals surface area contributed by atoms with Crippen molar-refractivity contribution in [1.82, 2.24) is 0 Å². The Labute approximate surface area is 125 Å². The third-order valence-electron chi connectivity index (χ3n) is 3.71. The second-order valence-corrected chi connectivity index (χ2v) is 5.87. The highest BCUT2D eigenvalue weighted by molar-refractivity contribution is 9.10. The molecule has 2 aromatic carbocycles. The van der Waals surface area contributed by atoms with Crippen LogP contribution < -0.4 is 5.32 Å². The van der Waals surface area contributed by atoms with Gasteiger partial charge in [0.15, 0.2) is 0 Å². The van der Waals surface area contributed by atoms with Crippen LogP contribution >= 0.6 is 15.9 Å². The molecule has 0 heterocycles. The maximum atomic E-state index is 13.9. The highest BCUT2D eigenvalue weighted by Gasteiger charge is 2.13. The number of benzene rings is 2. The Morgan fingerprint density at radius 1 is 1.05 bits per heavy atom. The zero-order chi connectivity index (χ0) is 14.1. The summed E-state index contributed by atoms with van der Waals surface area (Å²) in [5.41, 5.74) is 3.69. The molecule has 3 rings (SSSR count). The average molecular weight is 338 g/mol. The van der Waals surface area contributed by atoms with E-state index >= 15 is 0 Å². The van der Waals surface area contributed by atoms with Gasteiger partial charge in [-0.1, -0.05) is 6.07 Å². The molecule has 0 atom stereocenters. The molecule has 1 N–H and O–H groups in total. The van der Waals surface area contributed by atoms with Crippen molar-refractivity contribution in [2.45, 2.75) is 25.8 Å². The summed E-state index contributed by atoms with van der Waals surface area (Å²) in [5, 5.41) is 3.10. The van der Waals surface area contributed by atoms with E-state index in [1.54, 1.807) is 0 Å². The van der Waals surface area contributed by atoms with Crippen molar-refractivity contribution < 1.29 is 8.78 Å². The van der Waals surface area contributed by atoms with Crippen molar-refractivity contribution in [3.05, 3.63) is 63.1 Å². The minimum atomic E-state index is -0.543. The second-order valence-electron chi connectivity index (χ2n) is 5.01. The van der Waals surface area contributed by atoms with Crippen molar-refractivity contribution in [2.24, 2.45) is 0 Å². The largest absolute Gasteiger partial charge is 0.381 e. The monoisotopic (exact) mass is 337 g/mol. The van der Waals surface area contributed by atoms with Crippen molar-refractivity contribution in [3.63, 3.8) is 0 Å². The van der Waals surface area contributed by atoms with Gasteiger partial charge in [-0.3, -0.25) is 0 Å². The number of hydrogen-bond donors (Lipinski definition) is 1. The smallest absolute Gasteiger partial charge is 0.145 e. The molecule has 0 radical (unpaired) electrons. The lowest BCUT2D eigenvalue weighted by molar-refractivity contribution is 0.555. The van der Waals surface area contributed by atoms with E-state index in [4.69, 9.17) is 0 Å². The van der Waals surface area contributed by atoms with E-state index in [0.717, 1.165) is 18.5 Å². The summed E-state index contributed by atoms with van der Waals surface area (Å²) in [5.74, 6) is -1.07. The molecule has 20 heavy (non-hydrogen) atoms. The summed E-state index contributed by atoms with van der Waals surface area (Å²) in [6.07, 6.45) is 3.41. The maximum Gasteiger partial charge on any atom is 0.145 e. The Balaban J connectivity index is 1.79. The van der Waals surface area contributed by atoms with E-state index in [2.05, 4.69) is 33.4 Å². The first kappa shape index (κ1) is 13.6. The van der Waals surface area contributed by atoms with Crippen molar-refractivity contribution in [2.75, 3.05) is 5.32 Å². The quantitative estimate of drug-likeness (QED) is 0.791. The number of anilines is 1. The van der Waals surface area contributed by atoms with Crippen LogP contribution in [0.3, 0.4) is 0 Å². The number of halogens is 3. The van der Waals surface area contributed by atoms with Crippen LogP contribution in [0.5, 0.6) is 0 Å². The Kier molecular flexibility index (Phi) is 3.74. The van der Waals surface area contributed by atoms with Crippen LogP contribution in [0.25, 0.3) is 0 Å². The molecular formula is C16H14BrF2N. The normalized spacial score (nSPS) is 13.3. The first-order chi connectivity index (χ1) is 9.65. The van der Waals surface area contributed by atoms with Gasteiger partial charge < -0.3 is 5.32 Å². The van der Waals surface area contributed by atoms with Gasteiger partial charge in [0.05, 0.1) is 4.47 Å². The van der Waals surface area contributed by atoms with Crippen molar-refractivity contribution >= 4 is 21.6 Å². The number of aryl methyl sites for hydroxylation is 2.